The quantitative estimate of drug-likeness (QED) is 0.745. The molecule has 3 rings (SSSR count). The molecule has 1 aliphatic rings. The number of aliphatic hydroxyl groups is 1. The van der Waals surface area contributed by atoms with E-state index >= 15 is 0 Å². The molecule has 2 N–H and O–H groups in total. The molecule has 0 radical (unpaired) electrons. The van der Waals surface area contributed by atoms with Crippen LogP contribution in [0.5, 0.6) is 5.75 Å². The Morgan fingerprint density at radius 1 is 1.23 bits per heavy atom. The molecule has 1 aliphatic heterocycles. The molecule has 0 aromatic heterocycles. The van der Waals surface area contributed by atoms with E-state index in [0.717, 1.165) is 30.7 Å². The molecule has 0 spiro atoms. The average Bonchev–Trinajstić information content (AvgIpc) is 2.55. The number of hydrogen-bond acceptors (Lipinski definition) is 3. The Hall–Kier alpha value is -1.11. The van der Waals surface area contributed by atoms with Gasteiger partial charge in [-0.1, -0.05) is 30.3 Å². The van der Waals surface area contributed by atoms with E-state index in [-0.39, 0.29) is 6.10 Å². The number of aliphatic hydroxyl groups excluding tert-OH is 1. The number of hydrogen-bond donors (Lipinski definition) is 2. The van der Waals surface area contributed by atoms with Gasteiger partial charge in [-0.3, -0.25) is 0 Å². The number of rotatable bonds is 5. The van der Waals surface area contributed by atoms with Gasteiger partial charge >= 0.3 is 0 Å². The first-order valence-electron chi connectivity index (χ1n) is 7.61. The lowest BCUT2D eigenvalue weighted by Crippen LogP contribution is -2.36. The Bertz CT molecular complexity index is 618. The fourth-order valence-electron chi connectivity index (χ4n) is 2.73. The summed E-state index contributed by atoms with van der Waals surface area (Å²) < 4.78 is 7.28. The summed E-state index contributed by atoms with van der Waals surface area (Å²) in [6.07, 6.45) is 1.77. The minimum Gasteiger partial charge on any atom is -0.489 e. The molecule has 0 amide bonds. The van der Waals surface area contributed by atoms with E-state index < -0.39 is 6.10 Å². The van der Waals surface area contributed by atoms with Crippen LogP contribution in [0.25, 0.3) is 0 Å². The van der Waals surface area contributed by atoms with E-state index in [2.05, 4.69) is 46.1 Å². The van der Waals surface area contributed by atoms with Crippen LogP contribution in [0.3, 0.4) is 0 Å². The molecule has 2 aromatic rings. The Morgan fingerprint density at radius 3 is 2.86 bits per heavy atom. The summed E-state index contributed by atoms with van der Waals surface area (Å²) in [5.74, 6) is 1.00. The third kappa shape index (κ3) is 4.00. The van der Waals surface area contributed by atoms with Crippen molar-refractivity contribution in [2.24, 2.45) is 0 Å². The maximum absolute atomic E-state index is 10.1. The van der Waals surface area contributed by atoms with Gasteiger partial charge in [0.1, 0.15) is 11.9 Å². The SMILES string of the molecule is O[C@@H](CNC[C@H]1CCc2cc(I)ccc2O1)c1ccccc1. The molecular formula is C18H20INO2. The van der Waals surface area contributed by atoms with Gasteiger partial charge in [-0.25, -0.2) is 0 Å². The Morgan fingerprint density at radius 2 is 2.05 bits per heavy atom. The first-order chi connectivity index (χ1) is 10.7. The predicted molar refractivity (Wildman–Crippen MR) is 96.2 cm³/mol. The second-order valence-corrected chi connectivity index (χ2v) is 6.86. The highest BCUT2D eigenvalue weighted by atomic mass is 127. The van der Waals surface area contributed by atoms with Gasteiger partial charge in [0.15, 0.2) is 0 Å². The number of ether oxygens (including phenoxy) is 1. The zero-order valence-corrected chi connectivity index (χ0v) is 14.5. The molecule has 116 valence electrons. The summed E-state index contributed by atoms with van der Waals surface area (Å²) in [5.41, 5.74) is 2.24. The monoisotopic (exact) mass is 409 g/mol. The van der Waals surface area contributed by atoms with E-state index in [1.54, 1.807) is 0 Å². The van der Waals surface area contributed by atoms with Crippen molar-refractivity contribution in [3.63, 3.8) is 0 Å². The lowest BCUT2D eigenvalue weighted by Gasteiger charge is -2.27. The van der Waals surface area contributed by atoms with Gasteiger partial charge in [0.2, 0.25) is 0 Å². The summed E-state index contributed by atoms with van der Waals surface area (Å²) >= 11 is 2.33. The largest absolute Gasteiger partial charge is 0.489 e. The maximum Gasteiger partial charge on any atom is 0.123 e. The molecular weight excluding hydrogens is 389 g/mol. The van der Waals surface area contributed by atoms with Crippen molar-refractivity contribution in [3.8, 4) is 5.75 Å². The van der Waals surface area contributed by atoms with Crippen molar-refractivity contribution in [2.45, 2.75) is 25.0 Å². The maximum atomic E-state index is 10.1. The van der Waals surface area contributed by atoms with Crippen LogP contribution in [-0.2, 0) is 6.42 Å². The standard InChI is InChI=1S/C18H20INO2/c19-15-7-9-18-14(10-15)6-8-16(22-18)11-20-12-17(21)13-4-2-1-3-5-13/h1-5,7,9-10,16-17,20-21H,6,8,11-12H2/t16-,17+/m1/s1. The van der Waals surface area contributed by atoms with Crippen LogP contribution in [0, 0.1) is 3.57 Å². The summed E-state index contributed by atoms with van der Waals surface area (Å²) in [4.78, 5) is 0. The van der Waals surface area contributed by atoms with Crippen molar-refractivity contribution in [1.82, 2.24) is 5.32 Å². The number of benzene rings is 2. The molecule has 3 nitrogen and oxygen atoms in total. The minimum atomic E-state index is -0.473. The number of nitrogens with one attached hydrogen (secondary N) is 1. The third-order valence-electron chi connectivity index (χ3n) is 3.95. The molecule has 2 aromatic carbocycles. The molecule has 0 saturated carbocycles. The second-order valence-electron chi connectivity index (χ2n) is 5.62. The van der Waals surface area contributed by atoms with E-state index in [4.69, 9.17) is 4.74 Å². The molecule has 0 fully saturated rings. The predicted octanol–water partition coefficient (Wildman–Crippen LogP) is 3.31. The van der Waals surface area contributed by atoms with Crippen molar-refractivity contribution < 1.29 is 9.84 Å². The normalized spacial score (nSPS) is 18.4. The molecule has 2 atom stereocenters. The molecule has 1 heterocycles. The number of halogens is 1. The molecule has 0 aliphatic carbocycles. The summed E-state index contributed by atoms with van der Waals surface area (Å²) in [5, 5.41) is 13.5. The van der Waals surface area contributed by atoms with Crippen molar-refractivity contribution in [1.29, 1.82) is 0 Å². The zero-order valence-electron chi connectivity index (χ0n) is 12.3. The third-order valence-corrected chi connectivity index (χ3v) is 4.62. The zero-order chi connectivity index (χ0) is 15.4. The van der Waals surface area contributed by atoms with Gasteiger partial charge in [0.05, 0.1) is 6.10 Å². The van der Waals surface area contributed by atoms with Crippen LogP contribution in [0.15, 0.2) is 48.5 Å². The van der Waals surface area contributed by atoms with Crippen LogP contribution in [-0.4, -0.2) is 24.3 Å². The lowest BCUT2D eigenvalue weighted by molar-refractivity contribution is 0.146. The van der Waals surface area contributed by atoms with Gasteiger partial charge in [0.25, 0.3) is 0 Å². The van der Waals surface area contributed by atoms with Crippen LogP contribution >= 0.6 is 22.6 Å². The van der Waals surface area contributed by atoms with Crippen LogP contribution < -0.4 is 10.1 Å². The fourth-order valence-corrected chi connectivity index (χ4v) is 3.29. The average molecular weight is 409 g/mol. The molecule has 0 bridgehead atoms. The highest BCUT2D eigenvalue weighted by molar-refractivity contribution is 14.1. The van der Waals surface area contributed by atoms with Gasteiger partial charge in [0, 0.05) is 16.7 Å². The van der Waals surface area contributed by atoms with E-state index in [1.807, 2.05) is 30.3 Å². The highest BCUT2D eigenvalue weighted by Crippen LogP contribution is 2.28. The highest BCUT2D eigenvalue weighted by Gasteiger charge is 2.19. The van der Waals surface area contributed by atoms with Crippen molar-refractivity contribution in [2.75, 3.05) is 13.1 Å². The van der Waals surface area contributed by atoms with Crippen molar-refractivity contribution >= 4 is 22.6 Å². The molecule has 22 heavy (non-hydrogen) atoms. The molecule has 0 unspecified atom stereocenters. The molecule has 4 heteroatoms. The first-order valence-corrected chi connectivity index (χ1v) is 8.69. The topological polar surface area (TPSA) is 41.5 Å². The van der Waals surface area contributed by atoms with E-state index in [9.17, 15) is 5.11 Å². The first kappa shape index (κ1) is 15.8. The van der Waals surface area contributed by atoms with Crippen LogP contribution in [0.2, 0.25) is 0 Å². The molecule has 0 saturated heterocycles. The summed E-state index contributed by atoms with van der Waals surface area (Å²) in [6, 6.07) is 16.1. The Balaban J connectivity index is 1.48. The van der Waals surface area contributed by atoms with Gasteiger partial charge < -0.3 is 15.2 Å². The Kier molecular flexibility index (Phi) is 5.33. The van der Waals surface area contributed by atoms with Gasteiger partial charge in [-0.2, -0.15) is 0 Å². The van der Waals surface area contributed by atoms with Crippen LogP contribution in [0.4, 0.5) is 0 Å². The van der Waals surface area contributed by atoms with Crippen molar-refractivity contribution in [3.05, 3.63) is 63.2 Å². The van der Waals surface area contributed by atoms with E-state index in [1.165, 1.54) is 9.13 Å². The minimum absolute atomic E-state index is 0.176. The van der Waals surface area contributed by atoms with Crippen LogP contribution in [0.1, 0.15) is 23.7 Å². The fraction of sp³-hybridized carbons (Fsp3) is 0.333. The second kappa shape index (κ2) is 7.44. The summed E-state index contributed by atoms with van der Waals surface area (Å²) in [6.45, 7) is 1.30. The van der Waals surface area contributed by atoms with Gasteiger partial charge in [-0.05, 0) is 64.8 Å². The lowest BCUT2D eigenvalue weighted by atomic mass is 10.0. The smallest absolute Gasteiger partial charge is 0.123 e. The number of aryl methyl sites for hydroxylation is 1. The summed E-state index contributed by atoms with van der Waals surface area (Å²) in [7, 11) is 0. The Labute approximate surface area is 144 Å². The van der Waals surface area contributed by atoms with E-state index in [0.29, 0.717) is 6.54 Å². The van der Waals surface area contributed by atoms with Gasteiger partial charge in [-0.15, -0.1) is 0 Å². The number of fused-ring (bicyclic) bond motifs is 1.